The van der Waals surface area contributed by atoms with Crippen molar-refractivity contribution < 1.29 is 31.1 Å². The van der Waals surface area contributed by atoms with Gasteiger partial charge in [0.05, 0.1) is 28.8 Å². The summed E-state index contributed by atoms with van der Waals surface area (Å²) in [6, 6.07) is 10.9. The number of fused-ring (bicyclic) bond motifs is 1. The number of aromatic amines is 1. The first-order valence-electron chi connectivity index (χ1n) is 10.1. The van der Waals surface area contributed by atoms with Crippen LogP contribution >= 0.6 is 11.6 Å². The molecule has 0 atom stereocenters. The molecule has 4 rings (SSSR count). The van der Waals surface area contributed by atoms with Crippen molar-refractivity contribution in [3.63, 3.8) is 0 Å². The third kappa shape index (κ3) is 4.60. The molecule has 0 fully saturated rings. The van der Waals surface area contributed by atoms with Crippen molar-refractivity contribution in [2.75, 3.05) is 7.11 Å². The summed E-state index contributed by atoms with van der Waals surface area (Å²) in [5.74, 6) is 0.390. The fourth-order valence-electron chi connectivity index (χ4n) is 3.95. The normalized spacial score (nSPS) is 12.3. The van der Waals surface area contributed by atoms with Crippen molar-refractivity contribution in [1.29, 1.82) is 0 Å². The Morgan fingerprint density at radius 2 is 1.37 bits per heavy atom. The molecule has 0 aliphatic carbocycles. The Labute approximate surface area is 199 Å². The first-order chi connectivity index (χ1) is 16.3. The van der Waals surface area contributed by atoms with Crippen molar-refractivity contribution in [3.8, 4) is 28.0 Å². The fourth-order valence-corrected chi connectivity index (χ4v) is 4.19. The number of halogens is 7. The van der Waals surface area contributed by atoms with Crippen molar-refractivity contribution in [3.05, 3.63) is 86.7 Å². The number of benzene rings is 3. The quantitative estimate of drug-likeness (QED) is 0.284. The van der Waals surface area contributed by atoms with Crippen LogP contribution < -0.4 is 10.2 Å². The number of aryl methyl sites for hydroxylation is 1. The van der Waals surface area contributed by atoms with Crippen LogP contribution in [0.1, 0.15) is 16.8 Å². The molecule has 0 aliphatic rings. The van der Waals surface area contributed by atoms with Gasteiger partial charge in [-0.25, -0.2) is 0 Å². The van der Waals surface area contributed by atoms with Gasteiger partial charge in [0.1, 0.15) is 5.75 Å². The lowest BCUT2D eigenvalue weighted by molar-refractivity contribution is -0.162. The van der Waals surface area contributed by atoms with E-state index in [0.29, 0.717) is 45.6 Å². The number of hydrogen-bond acceptors (Lipinski definition) is 2. The summed E-state index contributed by atoms with van der Waals surface area (Å²) < 4.78 is 84.2. The molecular weight excluding hydrogens is 496 g/mol. The van der Waals surface area contributed by atoms with E-state index in [0.717, 1.165) is 6.07 Å². The van der Waals surface area contributed by atoms with Crippen LogP contribution in [0.3, 0.4) is 0 Å². The summed E-state index contributed by atoms with van der Waals surface area (Å²) >= 11 is 6.16. The van der Waals surface area contributed by atoms with Gasteiger partial charge in [0, 0.05) is 22.7 Å². The van der Waals surface area contributed by atoms with Crippen molar-refractivity contribution in [1.82, 2.24) is 4.98 Å². The van der Waals surface area contributed by atoms with Crippen LogP contribution in [0, 0.1) is 6.92 Å². The van der Waals surface area contributed by atoms with E-state index in [1.807, 2.05) is 0 Å². The monoisotopic (exact) mass is 511 g/mol. The predicted octanol–water partition coefficient (Wildman–Crippen LogP) is 7.87. The lowest BCUT2D eigenvalue weighted by Crippen LogP contribution is -2.16. The van der Waals surface area contributed by atoms with E-state index in [2.05, 4.69) is 4.98 Å². The largest absolute Gasteiger partial charge is 0.495 e. The highest BCUT2D eigenvalue weighted by molar-refractivity contribution is 6.32. The maximum Gasteiger partial charge on any atom is 0.417 e. The number of rotatable bonds is 3. The Bertz CT molecular complexity index is 1490. The zero-order valence-electron chi connectivity index (χ0n) is 18.2. The molecule has 0 unspecified atom stereocenters. The number of aromatic nitrogens is 1. The number of alkyl halides is 6. The Kier molecular flexibility index (Phi) is 6.09. The lowest BCUT2D eigenvalue weighted by Gasteiger charge is -2.17. The van der Waals surface area contributed by atoms with Gasteiger partial charge in [-0.05, 0) is 41.8 Å². The Morgan fingerprint density at radius 3 is 1.94 bits per heavy atom. The smallest absolute Gasteiger partial charge is 0.417 e. The highest BCUT2D eigenvalue weighted by atomic mass is 35.5. The van der Waals surface area contributed by atoms with Crippen molar-refractivity contribution >= 4 is 22.5 Å². The second kappa shape index (κ2) is 8.64. The summed E-state index contributed by atoms with van der Waals surface area (Å²) in [5, 5.41) is 0.566. The summed E-state index contributed by atoms with van der Waals surface area (Å²) in [6.07, 6.45) is -10.3. The predicted molar refractivity (Wildman–Crippen MR) is 122 cm³/mol. The molecule has 0 saturated heterocycles. The van der Waals surface area contributed by atoms with E-state index in [1.54, 1.807) is 13.0 Å². The van der Waals surface area contributed by atoms with Crippen LogP contribution in [-0.2, 0) is 12.4 Å². The number of nitrogens with one attached hydrogen (secondary N) is 1. The molecule has 3 nitrogen and oxygen atoms in total. The van der Waals surface area contributed by atoms with Crippen molar-refractivity contribution in [2.45, 2.75) is 19.3 Å². The standard InChI is InChI=1S/C25H16ClF6NO2/c1-12-22(23(34)16-10-19(26)21(35-2)11-20(16)33-12)14-5-3-13(4-6-14)15-7-8-17(24(27,28)29)18(9-15)25(30,31)32/h3-11H,1-2H3,(H,33,34). The van der Waals surface area contributed by atoms with Gasteiger partial charge < -0.3 is 9.72 Å². The highest BCUT2D eigenvalue weighted by Gasteiger charge is 2.43. The van der Waals surface area contributed by atoms with Crippen LogP contribution in [0.2, 0.25) is 5.02 Å². The first-order valence-corrected chi connectivity index (χ1v) is 10.5. The summed E-state index contributed by atoms with van der Waals surface area (Å²) in [4.78, 5) is 16.3. The van der Waals surface area contributed by atoms with Gasteiger partial charge in [-0.1, -0.05) is 41.9 Å². The Balaban J connectivity index is 1.79. The van der Waals surface area contributed by atoms with Gasteiger partial charge in [-0.3, -0.25) is 4.79 Å². The minimum absolute atomic E-state index is 0.0418. The van der Waals surface area contributed by atoms with Crippen LogP contribution in [0.15, 0.2) is 59.4 Å². The number of hydrogen-bond donors (Lipinski definition) is 1. The number of H-pyrrole nitrogens is 1. The molecule has 0 radical (unpaired) electrons. The van der Waals surface area contributed by atoms with E-state index < -0.39 is 23.5 Å². The molecule has 4 aromatic rings. The van der Waals surface area contributed by atoms with Gasteiger partial charge in [-0.2, -0.15) is 26.3 Å². The molecule has 1 N–H and O–H groups in total. The summed E-state index contributed by atoms with van der Waals surface area (Å²) in [7, 11) is 1.45. The van der Waals surface area contributed by atoms with Gasteiger partial charge in [0.2, 0.25) is 0 Å². The number of ether oxygens (including phenoxy) is 1. The zero-order chi connectivity index (χ0) is 25.7. The lowest BCUT2D eigenvalue weighted by atomic mass is 9.95. The van der Waals surface area contributed by atoms with Crippen LogP contribution in [-0.4, -0.2) is 12.1 Å². The minimum Gasteiger partial charge on any atom is -0.495 e. The zero-order valence-corrected chi connectivity index (χ0v) is 18.9. The molecule has 0 amide bonds. The maximum atomic E-state index is 13.3. The second-order valence-electron chi connectivity index (χ2n) is 7.82. The van der Waals surface area contributed by atoms with E-state index >= 15 is 0 Å². The molecule has 0 saturated carbocycles. The second-order valence-corrected chi connectivity index (χ2v) is 8.23. The molecule has 0 aliphatic heterocycles. The molecule has 1 heterocycles. The maximum absolute atomic E-state index is 13.3. The topological polar surface area (TPSA) is 42.1 Å². The van der Waals surface area contributed by atoms with Crippen LogP contribution in [0.5, 0.6) is 5.75 Å². The Hall–Kier alpha value is -3.46. The SMILES string of the molecule is COc1cc2[nH]c(C)c(-c3ccc(-c4ccc(C(F)(F)F)c(C(F)(F)F)c4)cc3)c(=O)c2cc1Cl. The summed E-state index contributed by atoms with van der Waals surface area (Å²) in [6.45, 7) is 1.69. The van der Waals surface area contributed by atoms with E-state index in [1.165, 1.54) is 37.4 Å². The summed E-state index contributed by atoms with van der Waals surface area (Å²) in [5.41, 5.74) is -1.76. The van der Waals surface area contributed by atoms with Gasteiger partial charge in [0.15, 0.2) is 5.43 Å². The average molecular weight is 512 g/mol. The third-order valence-corrected chi connectivity index (χ3v) is 5.89. The first kappa shape index (κ1) is 24.7. The fraction of sp³-hybridized carbons (Fsp3) is 0.160. The highest BCUT2D eigenvalue weighted by Crippen LogP contribution is 2.42. The molecule has 35 heavy (non-hydrogen) atoms. The number of pyridine rings is 1. The van der Waals surface area contributed by atoms with E-state index in [-0.39, 0.29) is 21.6 Å². The van der Waals surface area contributed by atoms with Crippen LogP contribution in [0.4, 0.5) is 26.3 Å². The molecule has 3 aromatic carbocycles. The van der Waals surface area contributed by atoms with Gasteiger partial charge in [-0.15, -0.1) is 0 Å². The Morgan fingerprint density at radius 1 is 0.800 bits per heavy atom. The minimum atomic E-state index is -5.18. The molecule has 0 spiro atoms. The van der Waals surface area contributed by atoms with E-state index in [9.17, 15) is 31.1 Å². The van der Waals surface area contributed by atoms with Crippen LogP contribution in [0.25, 0.3) is 33.2 Å². The molecule has 10 heteroatoms. The van der Waals surface area contributed by atoms with Gasteiger partial charge >= 0.3 is 12.4 Å². The number of methoxy groups -OCH3 is 1. The van der Waals surface area contributed by atoms with E-state index in [4.69, 9.17) is 16.3 Å². The third-order valence-electron chi connectivity index (χ3n) is 5.60. The van der Waals surface area contributed by atoms with Gasteiger partial charge in [0.25, 0.3) is 0 Å². The molecule has 0 bridgehead atoms. The van der Waals surface area contributed by atoms with Crippen molar-refractivity contribution in [2.24, 2.45) is 0 Å². The molecule has 182 valence electrons. The molecule has 1 aromatic heterocycles. The molecular formula is C25H16ClF6NO2. The average Bonchev–Trinajstić information content (AvgIpc) is 2.78.